The summed E-state index contributed by atoms with van der Waals surface area (Å²) in [5.41, 5.74) is -1.54. The van der Waals surface area contributed by atoms with Crippen molar-refractivity contribution in [3.63, 3.8) is 0 Å². The molecule has 4 saturated carbocycles. The Bertz CT molecular complexity index is 887. The molecule has 0 spiro atoms. The molecular formula is C25H32O7. The Hall–Kier alpha value is -2.57. The van der Waals surface area contributed by atoms with E-state index in [-0.39, 0.29) is 17.3 Å². The second-order valence-electron chi connectivity index (χ2n) is 10.6. The molecule has 4 aliphatic carbocycles. The second kappa shape index (κ2) is 8.09. The highest BCUT2D eigenvalue weighted by atomic mass is 16.6. The molecule has 4 aliphatic rings. The second-order valence-corrected chi connectivity index (χ2v) is 10.6. The molecule has 1 aromatic carbocycles. The van der Waals surface area contributed by atoms with Crippen molar-refractivity contribution in [2.45, 2.75) is 76.9 Å². The Labute approximate surface area is 188 Å². The predicted molar refractivity (Wildman–Crippen MR) is 115 cm³/mol. The van der Waals surface area contributed by atoms with Crippen LogP contribution >= 0.6 is 0 Å². The zero-order chi connectivity index (χ0) is 23.1. The maximum Gasteiger partial charge on any atom is 0.344 e. The zero-order valence-electron chi connectivity index (χ0n) is 19.0. The number of phenols is 1. The van der Waals surface area contributed by atoms with Crippen LogP contribution in [-0.2, 0) is 23.8 Å². The van der Waals surface area contributed by atoms with Crippen molar-refractivity contribution in [1.29, 1.82) is 0 Å². The van der Waals surface area contributed by atoms with E-state index in [0.29, 0.717) is 24.7 Å². The van der Waals surface area contributed by atoms with Crippen molar-refractivity contribution in [3.05, 3.63) is 29.8 Å². The number of aromatic hydroxyl groups is 1. The van der Waals surface area contributed by atoms with Gasteiger partial charge in [0.05, 0.1) is 11.0 Å². The third-order valence-corrected chi connectivity index (χ3v) is 7.45. The third kappa shape index (κ3) is 4.48. The highest BCUT2D eigenvalue weighted by Gasteiger charge is 2.62. The lowest BCUT2D eigenvalue weighted by Crippen LogP contribution is -2.62. The molecule has 2 atom stereocenters. The van der Waals surface area contributed by atoms with Gasteiger partial charge < -0.3 is 19.3 Å². The van der Waals surface area contributed by atoms with E-state index >= 15 is 0 Å². The SMILES string of the molecule is CCC(C)(C)C(=O)OC12CC3CC(CC(OC(=O)COC(=O)c4ccc(O)cc4)(C3)C1)C2. The molecule has 7 heteroatoms. The van der Waals surface area contributed by atoms with Crippen LogP contribution in [0.3, 0.4) is 0 Å². The highest BCUT2D eigenvalue weighted by Crippen LogP contribution is 2.60. The van der Waals surface area contributed by atoms with Crippen molar-refractivity contribution < 1.29 is 33.7 Å². The first kappa shape index (κ1) is 22.6. The summed E-state index contributed by atoms with van der Waals surface area (Å²) < 4.78 is 17.2. The minimum Gasteiger partial charge on any atom is -0.508 e. The summed E-state index contributed by atoms with van der Waals surface area (Å²) >= 11 is 0. The standard InChI is InChI=1S/C25H32O7/c1-4-23(2,3)22(29)32-25-12-16-9-17(13-25)11-24(10-16,15-25)31-20(27)14-30-21(28)18-5-7-19(26)8-6-18/h5-8,16-17,26H,4,9-15H2,1-3H3. The molecule has 1 N–H and O–H groups in total. The van der Waals surface area contributed by atoms with Crippen LogP contribution in [0.5, 0.6) is 5.75 Å². The summed E-state index contributed by atoms with van der Waals surface area (Å²) in [6.45, 7) is 5.29. The topological polar surface area (TPSA) is 99.1 Å². The Balaban J connectivity index is 1.40. The average molecular weight is 445 g/mol. The van der Waals surface area contributed by atoms with Gasteiger partial charge in [0.2, 0.25) is 0 Å². The molecule has 4 fully saturated rings. The minimum absolute atomic E-state index is 0.0414. The summed E-state index contributed by atoms with van der Waals surface area (Å²) in [6, 6.07) is 5.62. The Kier molecular flexibility index (Phi) is 5.72. The Morgan fingerprint density at radius 3 is 2.12 bits per heavy atom. The molecule has 0 aliphatic heterocycles. The van der Waals surface area contributed by atoms with Gasteiger partial charge in [-0.2, -0.15) is 0 Å². The van der Waals surface area contributed by atoms with E-state index in [4.69, 9.17) is 14.2 Å². The van der Waals surface area contributed by atoms with E-state index in [0.717, 1.165) is 32.1 Å². The van der Waals surface area contributed by atoms with Crippen LogP contribution in [0.4, 0.5) is 0 Å². The number of carbonyl (C=O) groups excluding carboxylic acids is 3. The summed E-state index contributed by atoms with van der Waals surface area (Å²) in [4.78, 5) is 37.6. The van der Waals surface area contributed by atoms with Gasteiger partial charge in [-0.25, -0.2) is 9.59 Å². The van der Waals surface area contributed by atoms with Crippen LogP contribution in [0.15, 0.2) is 24.3 Å². The zero-order valence-corrected chi connectivity index (χ0v) is 19.0. The van der Waals surface area contributed by atoms with E-state index in [1.165, 1.54) is 24.3 Å². The monoisotopic (exact) mass is 444 g/mol. The van der Waals surface area contributed by atoms with Crippen molar-refractivity contribution in [1.82, 2.24) is 0 Å². The molecule has 32 heavy (non-hydrogen) atoms. The van der Waals surface area contributed by atoms with Gasteiger partial charge in [-0.05, 0) is 88.5 Å². The van der Waals surface area contributed by atoms with Crippen LogP contribution in [0.2, 0.25) is 0 Å². The van der Waals surface area contributed by atoms with Crippen LogP contribution in [-0.4, -0.2) is 40.8 Å². The average Bonchev–Trinajstić information content (AvgIpc) is 2.70. The van der Waals surface area contributed by atoms with Crippen molar-refractivity contribution in [2.24, 2.45) is 17.3 Å². The summed E-state index contributed by atoms with van der Waals surface area (Å²) in [5, 5.41) is 9.32. The van der Waals surface area contributed by atoms with Gasteiger partial charge >= 0.3 is 17.9 Å². The predicted octanol–water partition coefficient (Wildman–Crippen LogP) is 4.16. The van der Waals surface area contributed by atoms with Crippen molar-refractivity contribution in [3.8, 4) is 5.75 Å². The maximum atomic E-state index is 12.8. The fourth-order valence-corrected chi connectivity index (χ4v) is 5.89. The summed E-state index contributed by atoms with van der Waals surface area (Å²) in [6.07, 6.45) is 5.45. The van der Waals surface area contributed by atoms with E-state index in [1.807, 2.05) is 20.8 Å². The largest absolute Gasteiger partial charge is 0.508 e. The van der Waals surface area contributed by atoms with Gasteiger partial charge in [0.25, 0.3) is 0 Å². The fraction of sp³-hybridized carbons (Fsp3) is 0.640. The van der Waals surface area contributed by atoms with E-state index in [9.17, 15) is 19.5 Å². The van der Waals surface area contributed by atoms with E-state index < -0.39 is 35.2 Å². The molecule has 0 aromatic heterocycles. The number of benzene rings is 1. The van der Waals surface area contributed by atoms with E-state index in [1.54, 1.807) is 0 Å². The lowest BCUT2D eigenvalue weighted by molar-refractivity contribution is -0.236. The van der Waals surface area contributed by atoms with Crippen molar-refractivity contribution in [2.75, 3.05) is 6.61 Å². The number of rotatable bonds is 7. The molecule has 5 rings (SSSR count). The number of ether oxygens (including phenoxy) is 3. The molecule has 0 saturated heterocycles. The minimum atomic E-state index is -0.664. The first-order valence-electron chi connectivity index (χ1n) is 11.5. The van der Waals surface area contributed by atoms with Gasteiger partial charge in [-0.3, -0.25) is 4.79 Å². The molecule has 174 valence electrons. The van der Waals surface area contributed by atoms with Gasteiger partial charge in [0.15, 0.2) is 6.61 Å². The molecule has 1 aromatic rings. The Morgan fingerprint density at radius 2 is 1.56 bits per heavy atom. The van der Waals surface area contributed by atoms with Gasteiger partial charge in [0, 0.05) is 6.42 Å². The van der Waals surface area contributed by atoms with Gasteiger partial charge in [0.1, 0.15) is 17.0 Å². The van der Waals surface area contributed by atoms with Crippen LogP contribution in [0.25, 0.3) is 0 Å². The lowest BCUT2D eigenvalue weighted by Gasteiger charge is -2.60. The Morgan fingerprint density at radius 1 is 1.00 bits per heavy atom. The normalized spacial score (nSPS) is 30.6. The number of esters is 3. The summed E-state index contributed by atoms with van der Waals surface area (Å²) in [7, 11) is 0. The fourth-order valence-electron chi connectivity index (χ4n) is 5.89. The number of phenolic OH excluding ortho intramolecular Hbond substituents is 1. The molecule has 0 heterocycles. The number of hydrogen-bond acceptors (Lipinski definition) is 7. The van der Waals surface area contributed by atoms with Crippen LogP contribution in [0, 0.1) is 17.3 Å². The number of carbonyl (C=O) groups is 3. The van der Waals surface area contributed by atoms with Gasteiger partial charge in [-0.1, -0.05) is 6.92 Å². The van der Waals surface area contributed by atoms with Gasteiger partial charge in [-0.15, -0.1) is 0 Å². The number of hydrogen-bond donors (Lipinski definition) is 1. The lowest BCUT2D eigenvalue weighted by atomic mass is 9.52. The first-order valence-corrected chi connectivity index (χ1v) is 11.5. The van der Waals surface area contributed by atoms with Crippen LogP contribution < -0.4 is 0 Å². The van der Waals surface area contributed by atoms with Crippen molar-refractivity contribution >= 4 is 17.9 Å². The molecule has 4 bridgehead atoms. The molecule has 0 amide bonds. The van der Waals surface area contributed by atoms with E-state index in [2.05, 4.69) is 0 Å². The maximum absolute atomic E-state index is 12.8. The molecule has 7 nitrogen and oxygen atoms in total. The third-order valence-electron chi connectivity index (χ3n) is 7.45. The molecule has 0 radical (unpaired) electrons. The first-order chi connectivity index (χ1) is 15.0. The van der Waals surface area contributed by atoms with Crippen LogP contribution in [0.1, 0.15) is 76.1 Å². The quantitative estimate of drug-likeness (QED) is 0.498. The summed E-state index contributed by atoms with van der Waals surface area (Å²) in [5.74, 6) is -0.664. The highest BCUT2D eigenvalue weighted by molar-refractivity contribution is 5.90. The smallest absolute Gasteiger partial charge is 0.344 e. The molecule has 2 unspecified atom stereocenters. The molecular weight excluding hydrogens is 412 g/mol.